The van der Waals surface area contributed by atoms with E-state index < -0.39 is 6.04 Å². The Balaban J connectivity index is 2.52. The fourth-order valence-electron chi connectivity index (χ4n) is 2.03. The average Bonchev–Trinajstić information content (AvgIpc) is 2.48. The van der Waals surface area contributed by atoms with Gasteiger partial charge in [0.2, 0.25) is 0 Å². The molecule has 0 amide bonds. The zero-order valence-corrected chi connectivity index (χ0v) is 13.8. The van der Waals surface area contributed by atoms with Crippen LogP contribution in [0.4, 0.5) is 4.39 Å². The molecule has 2 aromatic rings. The van der Waals surface area contributed by atoms with Crippen molar-refractivity contribution >= 4 is 27.5 Å². The lowest BCUT2D eigenvalue weighted by Crippen LogP contribution is -2.14. The molecule has 2 N–H and O–H groups in total. The van der Waals surface area contributed by atoms with Gasteiger partial charge in [-0.05, 0) is 35.4 Å². The van der Waals surface area contributed by atoms with Crippen molar-refractivity contribution in [3.63, 3.8) is 0 Å². The molecule has 6 heteroatoms. The van der Waals surface area contributed by atoms with Gasteiger partial charge >= 0.3 is 0 Å². The smallest absolute Gasteiger partial charge is 0.162 e. The number of rotatable bonds is 4. The molecule has 0 radical (unpaired) electrons. The van der Waals surface area contributed by atoms with E-state index in [1.165, 1.54) is 26.4 Å². The van der Waals surface area contributed by atoms with Crippen LogP contribution in [0.1, 0.15) is 17.2 Å². The van der Waals surface area contributed by atoms with E-state index in [1.54, 1.807) is 18.2 Å². The van der Waals surface area contributed by atoms with Crippen LogP contribution in [0, 0.1) is 5.82 Å². The molecular formula is C15H14BrClFNO2. The van der Waals surface area contributed by atoms with E-state index in [4.69, 9.17) is 26.8 Å². The summed E-state index contributed by atoms with van der Waals surface area (Å²) >= 11 is 9.62. The van der Waals surface area contributed by atoms with Gasteiger partial charge in [0.05, 0.1) is 20.3 Å². The van der Waals surface area contributed by atoms with Gasteiger partial charge in [0.25, 0.3) is 0 Å². The Bertz CT molecular complexity index is 666. The second-order valence-electron chi connectivity index (χ2n) is 4.37. The first kappa shape index (κ1) is 16.1. The summed E-state index contributed by atoms with van der Waals surface area (Å²) < 4.78 is 24.6. The molecule has 1 unspecified atom stereocenters. The Hall–Kier alpha value is -1.30. The van der Waals surface area contributed by atoms with Crippen LogP contribution in [0.2, 0.25) is 5.02 Å². The predicted octanol–water partition coefficient (Wildman–Crippen LogP) is 4.31. The van der Waals surface area contributed by atoms with Crippen LogP contribution in [0.15, 0.2) is 34.8 Å². The Labute approximate surface area is 135 Å². The Kier molecular flexibility index (Phi) is 5.08. The van der Waals surface area contributed by atoms with Crippen molar-refractivity contribution in [2.75, 3.05) is 14.2 Å². The van der Waals surface area contributed by atoms with Crippen LogP contribution < -0.4 is 15.2 Å². The molecule has 0 saturated heterocycles. The lowest BCUT2D eigenvalue weighted by molar-refractivity contribution is 0.354. The topological polar surface area (TPSA) is 44.5 Å². The van der Waals surface area contributed by atoms with Crippen molar-refractivity contribution in [2.45, 2.75) is 6.04 Å². The van der Waals surface area contributed by atoms with Crippen LogP contribution in [-0.4, -0.2) is 14.2 Å². The average molecular weight is 375 g/mol. The standard InChI is InChI=1S/C15H14BrClFNO2/c1-20-13-6-10(12(17)7-14(13)21-2)15(19)9-5-8(18)3-4-11(9)16/h3-7,15H,19H2,1-2H3. The predicted molar refractivity (Wildman–Crippen MR) is 84.7 cm³/mol. The van der Waals surface area contributed by atoms with Crippen molar-refractivity contribution < 1.29 is 13.9 Å². The van der Waals surface area contributed by atoms with E-state index in [2.05, 4.69) is 15.9 Å². The lowest BCUT2D eigenvalue weighted by atomic mass is 9.99. The molecule has 0 aromatic heterocycles. The third kappa shape index (κ3) is 3.31. The molecule has 0 aliphatic carbocycles. The number of hydrogen-bond acceptors (Lipinski definition) is 3. The van der Waals surface area contributed by atoms with E-state index >= 15 is 0 Å². The largest absolute Gasteiger partial charge is 0.493 e. The molecule has 0 saturated carbocycles. The number of benzene rings is 2. The van der Waals surface area contributed by atoms with Gasteiger partial charge in [0, 0.05) is 15.6 Å². The van der Waals surface area contributed by atoms with E-state index in [1.807, 2.05) is 0 Å². The van der Waals surface area contributed by atoms with Gasteiger partial charge in [-0.15, -0.1) is 0 Å². The van der Waals surface area contributed by atoms with Crippen LogP contribution in [-0.2, 0) is 0 Å². The minimum absolute atomic E-state index is 0.361. The monoisotopic (exact) mass is 373 g/mol. The summed E-state index contributed by atoms with van der Waals surface area (Å²) in [7, 11) is 3.05. The zero-order valence-electron chi connectivity index (χ0n) is 11.5. The van der Waals surface area contributed by atoms with E-state index in [0.717, 1.165) is 0 Å². The van der Waals surface area contributed by atoms with Crippen LogP contribution in [0.5, 0.6) is 11.5 Å². The third-order valence-electron chi connectivity index (χ3n) is 3.13. The molecule has 0 aliphatic rings. The first-order chi connectivity index (χ1) is 9.97. The number of methoxy groups -OCH3 is 2. The summed E-state index contributed by atoms with van der Waals surface area (Å²) in [4.78, 5) is 0. The Morgan fingerprint density at radius 2 is 1.71 bits per heavy atom. The van der Waals surface area contributed by atoms with Gasteiger partial charge in [-0.25, -0.2) is 4.39 Å². The highest BCUT2D eigenvalue weighted by Gasteiger charge is 2.19. The van der Waals surface area contributed by atoms with E-state index in [9.17, 15) is 4.39 Å². The molecule has 1 atom stereocenters. The minimum Gasteiger partial charge on any atom is -0.493 e. The molecule has 0 aliphatic heterocycles. The van der Waals surface area contributed by atoms with Crippen molar-refractivity contribution in [1.29, 1.82) is 0 Å². The van der Waals surface area contributed by atoms with Gasteiger partial charge in [0.1, 0.15) is 5.82 Å². The molecular weight excluding hydrogens is 361 g/mol. The zero-order chi connectivity index (χ0) is 15.6. The quantitative estimate of drug-likeness (QED) is 0.867. The number of halogens is 3. The summed E-state index contributed by atoms with van der Waals surface area (Å²) in [6.45, 7) is 0. The van der Waals surface area contributed by atoms with Gasteiger partial charge in [-0.3, -0.25) is 0 Å². The SMILES string of the molecule is COc1cc(Cl)c(C(N)c2cc(F)ccc2Br)cc1OC. The van der Waals surface area contributed by atoms with Crippen molar-refractivity contribution in [2.24, 2.45) is 5.73 Å². The highest BCUT2D eigenvalue weighted by atomic mass is 79.9. The van der Waals surface area contributed by atoms with Gasteiger partial charge in [-0.1, -0.05) is 27.5 Å². The first-order valence-corrected chi connectivity index (χ1v) is 7.27. The van der Waals surface area contributed by atoms with Crippen molar-refractivity contribution in [1.82, 2.24) is 0 Å². The van der Waals surface area contributed by atoms with Gasteiger partial charge in [0.15, 0.2) is 11.5 Å². The molecule has 2 aromatic carbocycles. The molecule has 21 heavy (non-hydrogen) atoms. The molecule has 0 bridgehead atoms. The third-order valence-corrected chi connectivity index (χ3v) is 4.18. The summed E-state index contributed by atoms with van der Waals surface area (Å²) in [6, 6.07) is 7.08. The molecule has 112 valence electrons. The van der Waals surface area contributed by atoms with E-state index in [-0.39, 0.29) is 5.82 Å². The van der Waals surface area contributed by atoms with Gasteiger partial charge in [-0.2, -0.15) is 0 Å². The fourth-order valence-corrected chi connectivity index (χ4v) is 2.79. The molecule has 0 fully saturated rings. The summed E-state index contributed by atoms with van der Waals surface area (Å²) in [5.74, 6) is 0.664. The maximum atomic E-state index is 13.4. The number of nitrogens with two attached hydrogens (primary N) is 1. The normalized spacial score (nSPS) is 12.1. The van der Waals surface area contributed by atoms with E-state index in [0.29, 0.717) is 32.1 Å². The Morgan fingerprint density at radius 3 is 2.33 bits per heavy atom. The van der Waals surface area contributed by atoms with Crippen LogP contribution in [0.3, 0.4) is 0 Å². The van der Waals surface area contributed by atoms with Gasteiger partial charge < -0.3 is 15.2 Å². The minimum atomic E-state index is -0.595. The number of hydrogen-bond donors (Lipinski definition) is 1. The second-order valence-corrected chi connectivity index (χ2v) is 5.63. The molecule has 0 heterocycles. The Morgan fingerprint density at radius 1 is 1.10 bits per heavy atom. The lowest BCUT2D eigenvalue weighted by Gasteiger charge is -2.18. The highest BCUT2D eigenvalue weighted by molar-refractivity contribution is 9.10. The second kappa shape index (κ2) is 6.64. The molecule has 3 nitrogen and oxygen atoms in total. The summed E-state index contributed by atoms with van der Waals surface area (Å²) in [5.41, 5.74) is 7.45. The maximum absolute atomic E-state index is 13.4. The highest BCUT2D eigenvalue weighted by Crippen LogP contribution is 2.38. The van der Waals surface area contributed by atoms with Crippen molar-refractivity contribution in [3.8, 4) is 11.5 Å². The summed E-state index contributed by atoms with van der Waals surface area (Å²) in [6.07, 6.45) is 0. The van der Waals surface area contributed by atoms with Crippen LogP contribution >= 0.6 is 27.5 Å². The summed E-state index contributed by atoms with van der Waals surface area (Å²) in [5, 5.41) is 0.427. The molecule has 2 rings (SSSR count). The molecule has 0 spiro atoms. The van der Waals surface area contributed by atoms with Crippen LogP contribution in [0.25, 0.3) is 0 Å². The first-order valence-electron chi connectivity index (χ1n) is 6.10. The maximum Gasteiger partial charge on any atom is 0.162 e. The van der Waals surface area contributed by atoms with Crippen molar-refractivity contribution in [3.05, 3.63) is 56.8 Å². The number of ether oxygens (including phenoxy) is 2. The fraction of sp³-hybridized carbons (Fsp3) is 0.200.